The first-order valence-electron chi connectivity index (χ1n) is 10.9. The molecule has 0 spiro atoms. The van der Waals surface area contributed by atoms with Crippen molar-refractivity contribution in [3.8, 4) is 17.2 Å². The molecule has 178 valence electrons. The van der Waals surface area contributed by atoms with E-state index >= 15 is 0 Å². The molecule has 0 radical (unpaired) electrons. The zero-order valence-corrected chi connectivity index (χ0v) is 20.3. The van der Waals surface area contributed by atoms with Crippen LogP contribution < -0.4 is 19.9 Å². The average molecular weight is 482 g/mol. The SMILES string of the molecule is CCCOc1cccc(Oc2cc3c(cc2NS(=O)(=O)c2ccc(C)cc2)n(C)c(=O)n3C)c1. The molecule has 4 aromatic rings. The number of ether oxygens (including phenoxy) is 2. The van der Waals surface area contributed by atoms with Gasteiger partial charge in [0.25, 0.3) is 10.0 Å². The number of rotatable bonds is 8. The standard InChI is InChI=1S/C25H27N3O5S/c1-5-13-32-18-7-6-8-19(14-18)33-24-16-23-22(27(3)25(29)28(23)4)15-21(24)26-34(30,31)20-11-9-17(2)10-12-20/h6-12,14-16,26H,5,13H2,1-4H3. The maximum Gasteiger partial charge on any atom is 0.328 e. The molecular weight excluding hydrogens is 454 g/mol. The van der Waals surface area contributed by atoms with Crippen molar-refractivity contribution in [2.24, 2.45) is 14.1 Å². The van der Waals surface area contributed by atoms with E-state index in [9.17, 15) is 13.2 Å². The molecule has 4 rings (SSSR count). The molecule has 0 aliphatic carbocycles. The van der Waals surface area contributed by atoms with Crippen LogP contribution in [0.5, 0.6) is 17.2 Å². The van der Waals surface area contributed by atoms with Crippen molar-refractivity contribution in [2.75, 3.05) is 11.3 Å². The highest BCUT2D eigenvalue weighted by Gasteiger charge is 2.20. The lowest BCUT2D eigenvalue weighted by atomic mass is 10.2. The third-order valence-corrected chi connectivity index (χ3v) is 6.84. The largest absolute Gasteiger partial charge is 0.493 e. The molecule has 3 aromatic carbocycles. The third-order valence-electron chi connectivity index (χ3n) is 5.46. The highest BCUT2D eigenvalue weighted by molar-refractivity contribution is 7.92. The Bertz CT molecular complexity index is 1500. The fourth-order valence-corrected chi connectivity index (χ4v) is 4.65. The number of nitrogens with one attached hydrogen (secondary N) is 1. The van der Waals surface area contributed by atoms with Crippen molar-refractivity contribution in [1.82, 2.24) is 9.13 Å². The minimum atomic E-state index is -3.90. The first kappa shape index (κ1) is 23.4. The summed E-state index contributed by atoms with van der Waals surface area (Å²) in [7, 11) is -0.605. The Morgan fingerprint density at radius 2 is 1.56 bits per heavy atom. The Morgan fingerprint density at radius 3 is 2.24 bits per heavy atom. The molecule has 8 nitrogen and oxygen atoms in total. The molecule has 0 saturated heterocycles. The minimum Gasteiger partial charge on any atom is -0.493 e. The maximum atomic E-state index is 13.1. The summed E-state index contributed by atoms with van der Waals surface area (Å²) in [5, 5.41) is 0. The van der Waals surface area contributed by atoms with E-state index in [-0.39, 0.29) is 22.0 Å². The quantitative estimate of drug-likeness (QED) is 0.398. The predicted molar refractivity (Wildman–Crippen MR) is 132 cm³/mol. The Balaban J connectivity index is 1.80. The summed E-state index contributed by atoms with van der Waals surface area (Å²) in [4.78, 5) is 12.6. The van der Waals surface area contributed by atoms with E-state index in [0.29, 0.717) is 29.1 Å². The van der Waals surface area contributed by atoms with Gasteiger partial charge in [-0.25, -0.2) is 13.2 Å². The Kier molecular flexibility index (Phi) is 6.39. The van der Waals surface area contributed by atoms with Crippen LogP contribution in [0.15, 0.2) is 70.4 Å². The number of sulfonamides is 1. The second-order valence-corrected chi connectivity index (χ2v) is 9.76. The van der Waals surface area contributed by atoms with Crippen molar-refractivity contribution in [3.05, 3.63) is 76.7 Å². The number of benzene rings is 3. The van der Waals surface area contributed by atoms with Crippen LogP contribution in [-0.2, 0) is 24.1 Å². The van der Waals surface area contributed by atoms with E-state index in [1.54, 1.807) is 68.7 Å². The van der Waals surface area contributed by atoms with Gasteiger partial charge in [-0.2, -0.15) is 0 Å². The van der Waals surface area contributed by atoms with Gasteiger partial charge in [-0.05, 0) is 43.7 Å². The number of nitrogens with zero attached hydrogens (tertiary/aromatic N) is 2. The van der Waals surface area contributed by atoms with Gasteiger partial charge in [0.15, 0.2) is 5.75 Å². The van der Waals surface area contributed by atoms with E-state index in [4.69, 9.17) is 9.47 Å². The van der Waals surface area contributed by atoms with Gasteiger partial charge in [0.2, 0.25) is 0 Å². The van der Waals surface area contributed by atoms with Crippen molar-refractivity contribution in [1.29, 1.82) is 0 Å². The van der Waals surface area contributed by atoms with E-state index < -0.39 is 10.0 Å². The van der Waals surface area contributed by atoms with Crippen LogP contribution in [0.3, 0.4) is 0 Å². The van der Waals surface area contributed by atoms with Crippen LogP contribution >= 0.6 is 0 Å². The molecule has 0 unspecified atom stereocenters. The Morgan fingerprint density at radius 1 is 0.912 bits per heavy atom. The molecule has 0 aliphatic rings. The van der Waals surface area contributed by atoms with Gasteiger partial charge >= 0.3 is 5.69 Å². The van der Waals surface area contributed by atoms with E-state index in [2.05, 4.69) is 4.72 Å². The molecule has 0 fully saturated rings. The van der Waals surface area contributed by atoms with Crippen molar-refractivity contribution in [3.63, 3.8) is 0 Å². The lowest BCUT2D eigenvalue weighted by molar-refractivity contribution is 0.316. The number of imidazole rings is 1. The molecule has 1 heterocycles. The van der Waals surface area contributed by atoms with Crippen LogP contribution in [0.4, 0.5) is 5.69 Å². The van der Waals surface area contributed by atoms with Crippen LogP contribution in [0.25, 0.3) is 11.0 Å². The summed E-state index contributed by atoms with van der Waals surface area (Å²) in [5.74, 6) is 1.39. The fraction of sp³-hybridized carbons (Fsp3) is 0.240. The van der Waals surface area contributed by atoms with Gasteiger partial charge < -0.3 is 9.47 Å². The molecule has 1 N–H and O–H groups in total. The van der Waals surface area contributed by atoms with Gasteiger partial charge in [0.05, 0.1) is 28.2 Å². The molecule has 0 aliphatic heterocycles. The smallest absolute Gasteiger partial charge is 0.328 e. The van der Waals surface area contributed by atoms with Crippen molar-refractivity contribution in [2.45, 2.75) is 25.2 Å². The van der Waals surface area contributed by atoms with Crippen LogP contribution in [-0.4, -0.2) is 24.2 Å². The normalized spacial score (nSPS) is 11.5. The zero-order valence-electron chi connectivity index (χ0n) is 19.5. The van der Waals surface area contributed by atoms with E-state index in [1.165, 1.54) is 9.13 Å². The lowest BCUT2D eigenvalue weighted by Crippen LogP contribution is -2.19. The van der Waals surface area contributed by atoms with Gasteiger partial charge in [-0.1, -0.05) is 30.7 Å². The summed E-state index contributed by atoms with van der Waals surface area (Å²) in [6.07, 6.45) is 0.870. The number of fused-ring (bicyclic) bond motifs is 1. The molecule has 0 atom stereocenters. The Hall–Kier alpha value is -3.72. The molecule has 0 bridgehead atoms. The van der Waals surface area contributed by atoms with Crippen LogP contribution in [0, 0.1) is 6.92 Å². The Labute approximate surface area is 198 Å². The van der Waals surface area contributed by atoms with Gasteiger partial charge in [-0.3, -0.25) is 13.9 Å². The zero-order chi connectivity index (χ0) is 24.5. The van der Waals surface area contributed by atoms with E-state index in [0.717, 1.165) is 12.0 Å². The van der Waals surface area contributed by atoms with Gasteiger partial charge in [-0.15, -0.1) is 0 Å². The molecular formula is C25H27N3O5S. The number of anilines is 1. The summed E-state index contributed by atoms with van der Waals surface area (Å²) in [6.45, 7) is 4.48. The lowest BCUT2D eigenvalue weighted by Gasteiger charge is -2.15. The van der Waals surface area contributed by atoms with Crippen molar-refractivity contribution >= 4 is 26.7 Å². The number of hydrogen-bond acceptors (Lipinski definition) is 5. The topological polar surface area (TPSA) is 91.6 Å². The fourth-order valence-electron chi connectivity index (χ4n) is 3.59. The van der Waals surface area contributed by atoms with E-state index in [1.807, 2.05) is 19.9 Å². The highest BCUT2D eigenvalue weighted by atomic mass is 32.2. The monoisotopic (exact) mass is 481 g/mol. The molecule has 0 amide bonds. The molecule has 1 aromatic heterocycles. The maximum absolute atomic E-state index is 13.1. The molecule has 34 heavy (non-hydrogen) atoms. The first-order chi connectivity index (χ1) is 16.2. The predicted octanol–water partition coefficient (Wildman–Crippen LogP) is 4.57. The first-order valence-corrected chi connectivity index (χ1v) is 12.4. The summed E-state index contributed by atoms with van der Waals surface area (Å²) in [5.41, 5.74) is 2.12. The summed E-state index contributed by atoms with van der Waals surface area (Å²) < 4.78 is 43.6. The summed E-state index contributed by atoms with van der Waals surface area (Å²) >= 11 is 0. The van der Waals surface area contributed by atoms with Gasteiger partial charge in [0, 0.05) is 26.2 Å². The molecule has 9 heteroatoms. The second-order valence-electron chi connectivity index (χ2n) is 8.08. The summed E-state index contributed by atoms with van der Waals surface area (Å²) in [6, 6.07) is 16.9. The van der Waals surface area contributed by atoms with Crippen LogP contribution in [0.1, 0.15) is 18.9 Å². The molecule has 0 saturated carbocycles. The second kappa shape index (κ2) is 9.26. The highest BCUT2D eigenvalue weighted by Crippen LogP contribution is 2.36. The minimum absolute atomic E-state index is 0.126. The van der Waals surface area contributed by atoms with Crippen molar-refractivity contribution < 1.29 is 17.9 Å². The number of aryl methyl sites for hydroxylation is 3. The number of aromatic nitrogens is 2. The average Bonchev–Trinajstić information content (AvgIpc) is 3.01. The van der Waals surface area contributed by atoms with Gasteiger partial charge in [0.1, 0.15) is 11.5 Å². The van der Waals surface area contributed by atoms with Crippen LogP contribution in [0.2, 0.25) is 0 Å². The number of hydrogen-bond donors (Lipinski definition) is 1. The third kappa shape index (κ3) is 4.65.